The molecule has 0 aliphatic carbocycles. The van der Waals surface area contributed by atoms with Gasteiger partial charge in [0.1, 0.15) is 5.70 Å². The number of carbonyl (C=O) groups excluding carboxylic acids is 2. The Balaban J connectivity index is 2.09. The number of carbonyl (C=O) groups is 2. The molecule has 1 aromatic carbocycles. The number of rotatable bonds is 3. The van der Waals surface area contributed by atoms with Gasteiger partial charge in [-0.2, -0.15) is 0 Å². The zero-order chi connectivity index (χ0) is 16.6. The highest BCUT2D eigenvalue weighted by molar-refractivity contribution is 6.35. The minimum absolute atomic E-state index is 0.131. The van der Waals surface area contributed by atoms with Crippen LogP contribution in [0.4, 0.5) is 0 Å². The fourth-order valence-corrected chi connectivity index (χ4v) is 3.55. The van der Waals surface area contributed by atoms with E-state index in [4.69, 9.17) is 0 Å². The van der Waals surface area contributed by atoms with Gasteiger partial charge in [-0.05, 0) is 38.2 Å². The maximum Gasteiger partial charge on any atom is 0.278 e. The summed E-state index contributed by atoms with van der Waals surface area (Å²) >= 11 is 0. The molecule has 0 spiro atoms. The molecule has 1 atom stereocenters. The number of piperidine rings is 1. The maximum absolute atomic E-state index is 13.0. The average Bonchev–Trinajstić information content (AvgIpc) is 2.79. The van der Waals surface area contributed by atoms with Crippen molar-refractivity contribution in [2.45, 2.75) is 39.7 Å². The van der Waals surface area contributed by atoms with E-state index in [2.05, 4.69) is 11.8 Å². The summed E-state index contributed by atoms with van der Waals surface area (Å²) in [5, 5.41) is 0. The molecule has 0 N–H and O–H groups in total. The van der Waals surface area contributed by atoms with E-state index in [1.807, 2.05) is 44.2 Å². The summed E-state index contributed by atoms with van der Waals surface area (Å²) in [4.78, 5) is 29.4. The number of benzene rings is 1. The predicted molar refractivity (Wildman–Crippen MR) is 90.3 cm³/mol. The molecule has 122 valence electrons. The van der Waals surface area contributed by atoms with Crippen molar-refractivity contribution < 1.29 is 9.59 Å². The Labute approximate surface area is 137 Å². The summed E-state index contributed by atoms with van der Waals surface area (Å²) in [6.45, 7) is 7.67. The first-order valence-corrected chi connectivity index (χ1v) is 8.43. The highest BCUT2D eigenvalue weighted by atomic mass is 16.2. The van der Waals surface area contributed by atoms with Gasteiger partial charge >= 0.3 is 0 Å². The Bertz CT molecular complexity index is 649. The number of hydrogen-bond donors (Lipinski definition) is 0. The predicted octanol–water partition coefficient (Wildman–Crippen LogP) is 2.91. The molecule has 23 heavy (non-hydrogen) atoms. The van der Waals surface area contributed by atoms with Crippen LogP contribution in [0.5, 0.6) is 0 Å². The van der Waals surface area contributed by atoms with Crippen molar-refractivity contribution >= 4 is 17.4 Å². The van der Waals surface area contributed by atoms with Crippen LogP contribution in [0.1, 0.15) is 39.2 Å². The second-order valence-corrected chi connectivity index (χ2v) is 6.86. The molecular formula is C19H24N2O2. The lowest BCUT2D eigenvalue weighted by atomic mass is 9.98. The van der Waals surface area contributed by atoms with Gasteiger partial charge in [-0.25, -0.2) is 0 Å². The minimum Gasteiger partial charge on any atom is -0.366 e. The van der Waals surface area contributed by atoms with Crippen molar-refractivity contribution in [3.05, 3.63) is 41.6 Å². The van der Waals surface area contributed by atoms with Gasteiger partial charge in [0.2, 0.25) is 0 Å². The first-order chi connectivity index (χ1) is 11.0. The summed E-state index contributed by atoms with van der Waals surface area (Å²) in [6, 6.07) is 9.45. The number of imide groups is 1. The van der Waals surface area contributed by atoms with Gasteiger partial charge in [0.25, 0.3) is 11.8 Å². The van der Waals surface area contributed by atoms with E-state index >= 15 is 0 Å². The lowest BCUT2D eigenvalue weighted by Crippen LogP contribution is -2.41. The fraction of sp³-hybridized carbons (Fsp3) is 0.474. The Morgan fingerprint density at radius 1 is 1.09 bits per heavy atom. The van der Waals surface area contributed by atoms with Gasteiger partial charge in [0.15, 0.2) is 0 Å². The van der Waals surface area contributed by atoms with Crippen molar-refractivity contribution in [1.82, 2.24) is 9.80 Å². The Morgan fingerprint density at radius 2 is 1.78 bits per heavy atom. The monoisotopic (exact) mass is 312 g/mol. The Hall–Kier alpha value is -2.10. The molecular weight excluding hydrogens is 288 g/mol. The van der Waals surface area contributed by atoms with Crippen LogP contribution in [0, 0.1) is 5.92 Å². The van der Waals surface area contributed by atoms with E-state index in [-0.39, 0.29) is 17.9 Å². The molecule has 1 fully saturated rings. The van der Waals surface area contributed by atoms with Crippen LogP contribution in [0.15, 0.2) is 36.0 Å². The largest absolute Gasteiger partial charge is 0.366 e. The minimum atomic E-state index is -0.163. The first kappa shape index (κ1) is 15.8. The Kier molecular flexibility index (Phi) is 4.24. The van der Waals surface area contributed by atoms with E-state index in [9.17, 15) is 9.59 Å². The molecule has 4 heteroatoms. The van der Waals surface area contributed by atoms with E-state index in [1.54, 1.807) is 0 Å². The third-order valence-corrected chi connectivity index (χ3v) is 4.64. The summed E-state index contributed by atoms with van der Waals surface area (Å²) < 4.78 is 0. The second-order valence-electron chi connectivity index (χ2n) is 6.86. The van der Waals surface area contributed by atoms with E-state index in [1.165, 1.54) is 11.3 Å². The molecule has 2 aliphatic rings. The quantitative estimate of drug-likeness (QED) is 0.806. The first-order valence-electron chi connectivity index (χ1n) is 8.43. The van der Waals surface area contributed by atoms with E-state index in [0.29, 0.717) is 17.2 Å². The molecule has 0 bridgehead atoms. The highest BCUT2D eigenvalue weighted by Gasteiger charge is 2.43. The molecule has 4 nitrogen and oxygen atoms in total. The molecule has 0 saturated carbocycles. The lowest BCUT2D eigenvalue weighted by molar-refractivity contribution is -0.139. The molecule has 0 aromatic heterocycles. The van der Waals surface area contributed by atoms with Crippen molar-refractivity contribution in [3.63, 3.8) is 0 Å². The standard InChI is InChI=1S/C19H24N2O2/c1-13(2)21-18(22)16(15-9-5-4-6-10-15)17(19(21)23)20-11-7-8-14(3)12-20/h4-6,9-10,13-14H,7-8,11-12H2,1-3H3. The maximum atomic E-state index is 13.0. The molecule has 1 unspecified atom stereocenters. The van der Waals surface area contributed by atoms with E-state index < -0.39 is 0 Å². The molecule has 1 saturated heterocycles. The number of amides is 2. The zero-order valence-corrected chi connectivity index (χ0v) is 14.1. The van der Waals surface area contributed by atoms with Gasteiger partial charge in [-0.15, -0.1) is 0 Å². The van der Waals surface area contributed by atoms with Crippen LogP contribution in [0.25, 0.3) is 5.57 Å². The van der Waals surface area contributed by atoms with Crippen molar-refractivity contribution in [3.8, 4) is 0 Å². The van der Waals surface area contributed by atoms with Gasteiger partial charge in [-0.3, -0.25) is 14.5 Å². The molecule has 2 aliphatic heterocycles. The van der Waals surface area contributed by atoms with Crippen molar-refractivity contribution in [1.29, 1.82) is 0 Å². The zero-order valence-electron chi connectivity index (χ0n) is 14.1. The van der Waals surface area contributed by atoms with Crippen LogP contribution in [-0.2, 0) is 9.59 Å². The summed E-state index contributed by atoms with van der Waals surface area (Å²) in [5.41, 5.74) is 2.00. The summed E-state index contributed by atoms with van der Waals surface area (Å²) in [6.07, 6.45) is 2.25. The third kappa shape index (κ3) is 2.78. The van der Waals surface area contributed by atoms with Gasteiger partial charge in [0.05, 0.1) is 5.57 Å². The van der Waals surface area contributed by atoms with Crippen molar-refractivity contribution in [2.75, 3.05) is 13.1 Å². The van der Waals surface area contributed by atoms with Gasteiger partial charge < -0.3 is 4.90 Å². The third-order valence-electron chi connectivity index (χ3n) is 4.64. The molecule has 0 radical (unpaired) electrons. The topological polar surface area (TPSA) is 40.6 Å². The van der Waals surface area contributed by atoms with Crippen molar-refractivity contribution in [2.24, 2.45) is 5.92 Å². The SMILES string of the molecule is CC1CCCN(C2=C(c3ccccc3)C(=O)N(C(C)C)C2=O)C1. The summed E-state index contributed by atoms with van der Waals surface area (Å²) in [7, 11) is 0. The van der Waals surface area contributed by atoms with Crippen LogP contribution in [-0.4, -0.2) is 40.7 Å². The normalized spacial score (nSPS) is 22.5. The van der Waals surface area contributed by atoms with Crippen LogP contribution in [0.3, 0.4) is 0 Å². The number of hydrogen-bond acceptors (Lipinski definition) is 3. The number of likely N-dealkylation sites (tertiary alicyclic amines) is 1. The lowest BCUT2D eigenvalue weighted by Gasteiger charge is -2.33. The summed E-state index contributed by atoms with van der Waals surface area (Å²) in [5.74, 6) is 0.242. The number of nitrogens with zero attached hydrogens (tertiary/aromatic N) is 2. The highest BCUT2D eigenvalue weighted by Crippen LogP contribution is 2.34. The molecule has 2 amide bonds. The molecule has 3 rings (SSSR count). The molecule has 1 aromatic rings. The van der Waals surface area contributed by atoms with Gasteiger partial charge in [-0.1, -0.05) is 37.3 Å². The smallest absolute Gasteiger partial charge is 0.278 e. The average molecular weight is 312 g/mol. The second kappa shape index (κ2) is 6.19. The van der Waals surface area contributed by atoms with E-state index in [0.717, 1.165) is 25.1 Å². The van der Waals surface area contributed by atoms with Crippen LogP contribution >= 0.6 is 0 Å². The van der Waals surface area contributed by atoms with Crippen LogP contribution < -0.4 is 0 Å². The Morgan fingerprint density at radius 3 is 2.39 bits per heavy atom. The molecule has 2 heterocycles. The fourth-order valence-electron chi connectivity index (χ4n) is 3.55. The van der Waals surface area contributed by atoms with Crippen LogP contribution in [0.2, 0.25) is 0 Å². The van der Waals surface area contributed by atoms with Gasteiger partial charge in [0, 0.05) is 19.1 Å².